The molecule has 1 aromatic carbocycles. The quantitative estimate of drug-likeness (QED) is 0.514. The Kier molecular flexibility index (Phi) is 7.28. The molecule has 0 spiro atoms. The van der Waals surface area contributed by atoms with Gasteiger partial charge in [-0.2, -0.15) is 0 Å². The number of rotatable bonds is 9. The number of carbonyl (C=O) groups excluding carboxylic acids is 2. The minimum atomic E-state index is -3.72. The molecule has 1 amide bonds. The van der Waals surface area contributed by atoms with Crippen molar-refractivity contribution in [3.8, 4) is 0 Å². The number of thiophene rings is 1. The lowest BCUT2D eigenvalue weighted by atomic mass is 10.3. The lowest BCUT2D eigenvalue weighted by molar-refractivity contribution is -0.148. The zero-order valence-electron chi connectivity index (χ0n) is 13.8. The third-order valence-corrected chi connectivity index (χ3v) is 6.05. The normalized spacial score (nSPS) is 11.1. The summed E-state index contributed by atoms with van der Waals surface area (Å²) in [5.41, 5.74) is 0. The molecule has 0 atom stereocenters. The summed E-state index contributed by atoms with van der Waals surface area (Å²) in [4.78, 5) is 24.3. The number of halogens is 1. The van der Waals surface area contributed by atoms with E-state index in [0.717, 1.165) is 29.1 Å². The van der Waals surface area contributed by atoms with Crippen LogP contribution in [0.5, 0.6) is 0 Å². The van der Waals surface area contributed by atoms with E-state index in [0.29, 0.717) is 13.0 Å². The van der Waals surface area contributed by atoms with Crippen LogP contribution in [0.1, 0.15) is 11.3 Å². The van der Waals surface area contributed by atoms with Crippen molar-refractivity contribution < 1.29 is 27.1 Å². The fourth-order valence-corrected chi connectivity index (χ4v) is 3.96. The maximum Gasteiger partial charge on any atom is 0.307 e. The highest BCUT2D eigenvalue weighted by molar-refractivity contribution is 7.91. The number of sulfone groups is 1. The summed E-state index contributed by atoms with van der Waals surface area (Å²) >= 11 is 1.59. The van der Waals surface area contributed by atoms with Crippen LogP contribution in [0.15, 0.2) is 46.7 Å². The smallest absolute Gasteiger partial charge is 0.307 e. The molecule has 2 aromatic rings. The summed E-state index contributed by atoms with van der Waals surface area (Å²) < 4.78 is 41.7. The maximum absolute atomic E-state index is 12.8. The van der Waals surface area contributed by atoms with Gasteiger partial charge in [-0.3, -0.25) is 9.59 Å². The van der Waals surface area contributed by atoms with E-state index in [1.807, 2.05) is 17.5 Å². The van der Waals surface area contributed by atoms with Gasteiger partial charge >= 0.3 is 5.97 Å². The molecular formula is C17H18FNO5S2. The predicted octanol–water partition coefficient (Wildman–Crippen LogP) is 1.95. The van der Waals surface area contributed by atoms with Gasteiger partial charge in [0, 0.05) is 11.4 Å². The SMILES string of the molecule is O=C(COC(=O)CCS(=O)(=O)c1ccc(F)cc1)NCCc1cccs1. The summed E-state index contributed by atoms with van der Waals surface area (Å²) in [6.07, 6.45) is 0.301. The van der Waals surface area contributed by atoms with Gasteiger partial charge < -0.3 is 10.1 Å². The van der Waals surface area contributed by atoms with Crippen molar-refractivity contribution in [1.29, 1.82) is 0 Å². The van der Waals surface area contributed by atoms with Gasteiger partial charge in [-0.25, -0.2) is 12.8 Å². The third-order valence-electron chi connectivity index (χ3n) is 3.39. The van der Waals surface area contributed by atoms with Gasteiger partial charge in [0.15, 0.2) is 16.4 Å². The Balaban J connectivity index is 1.67. The lowest BCUT2D eigenvalue weighted by Crippen LogP contribution is -2.30. The molecule has 1 aromatic heterocycles. The van der Waals surface area contributed by atoms with Gasteiger partial charge in [0.05, 0.1) is 17.1 Å². The second kappa shape index (κ2) is 9.44. The van der Waals surface area contributed by atoms with Gasteiger partial charge in [0.1, 0.15) is 5.82 Å². The summed E-state index contributed by atoms with van der Waals surface area (Å²) in [7, 11) is -3.72. The molecule has 1 heterocycles. The van der Waals surface area contributed by atoms with Crippen LogP contribution in [0.3, 0.4) is 0 Å². The van der Waals surface area contributed by atoms with Crippen molar-refractivity contribution in [2.24, 2.45) is 0 Å². The van der Waals surface area contributed by atoms with Gasteiger partial charge in [-0.1, -0.05) is 6.07 Å². The van der Waals surface area contributed by atoms with E-state index in [1.54, 1.807) is 11.3 Å². The van der Waals surface area contributed by atoms with Crippen molar-refractivity contribution in [3.05, 3.63) is 52.5 Å². The zero-order chi connectivity index (χ0) is 19.0. The molecule has 6 nitrogen and oxygen atoms in total. The molecule has 0 aliphatic rings. The van der Waals surface area contributed by atoms with E-state index in [9.17, 15) is 22.4 Å². The predicted molar refractivity (Wildman–Crippen MR) is 95.1 cm³/mol. The van der Waals surface area contributed by atoms with E-state index in [-0.39, 0.29) is 11.3 Å². The molecule has 0 fully saturated rings. The van der Waals surface area contributed by atoms with Crippen LogP contribution in [0.25, 0.3) is 0 Å². The minimum absolute atomic E-state index is 0.0713. The lowest BCUT2D eigenvalue weighted by Gasteiger charge is -2.07. The molecule has 9 heteroatoms. The first-order valence-electron chi connectivity index (χ1n) is 7.80. The summed E-state index contributed by atoms with van der Waals surface area (Å²) in [5, 5.41) is 4.56. The third kappa shape index (κ3) is 6.57. The monoisotopic (exact) mass is 399 g/mol. The molecule has 0 aliphatic heterocycles. The van der Waals surface area contributed by atoms with Crippen LogP contribution in [0, 0.1) is 5.82 Å². The molecule has 0 saturated heterocycles. The Morgan fingerprint density at radius 2 is 1.88 bits per heavy atom. The van der Waals surface area contributed by atoms with Crippen LogP contribution in [0.4, 0.5) is 4.39 Å². The second-order valence-electron chi connectivity index (χ2n) is 5.36. The standard InChI is InChI=1S/C17H18FNO5S2/c18-13-3-5-15(6-4-13)26(22,23)11-8-17(21)24-12-16(20)19-9-7-14-2-1-10-25-14/h1-6,10H,7-9,11-12H2,(H,19,20). The number of hydrogen-bond donors (Lipinski definition) is 1. The second-order valence-corrected chi connectivity index (χ2v) is 8.50. The number of benzene rings is 1. The molecule has 0 saturated carbocycles. The van der Waals surface area contributed by atoms with Crippen molar-refractivity contribution in [2.75, 3.05) is 18.9 Å². The van der Waals surface area contributed by atoms with Gasteiger partial charge in [-0.05, 0) is 42.1 Å². The van der Waals surface area contributed by atoms with E-state index in [4.69, 9.17) is 4.74 Å². The first kappa shape index (κ1) is 20.1. The molecule has 0 aliphatic carbocycles. The number of amides is 1. The van der Waals surface area contributed by atoms with Gasteiger partial charge in [0.2, 0.25) is 0 Å². The molecule has 0 unspecified atom stereocenters. The Labute approximate surface area is 154 Å². The number of carbonyl (C=O) groups is 2. The Morgan fingerprint density at radius 3 is 2.54 bits per heavy atom. The number of esters is 1. The fraction of sp³-hybridized carbons (Fsp3) is 0.294. The number of hydrogen-bond acceptors (Lipinski definition) is 6. The van der Waals surface area contributed by atoms with E-state index in [2.05, 4.69) is 5.32 Å². The van der Waals surface area contributed by atoms with Crippen LogP contribution >= 0.6 is 11.3 Å². The number of ether oxygens (including phenoxy) is 1. The average Bonchev–Trinajstić information content (AvgIpc) is 3.12. The van der Waals surface area contributed by atoms with E-state index in [1.165, 1.54) is 0 Å². The molecule has 26 heavy (non-hydrogen) atoms. The van der Waals surface area contributed by atoms with E-state index >= 15 is 0 Å². The minimum Gasteiger partial charge on any atom is -0.456 e. The highest BCUT2D eigenvalue weighted by Crippen LogP contribution is 2.13. The highest BCUT2D eigenvalue weighted by atomic mass is 32.2. The first-order chi connectivity index (χ1) is 12.4. The first-order valence-corrected chi connectivity index (χ1v) is 10.3. The molecule has 140 valence electrons. The average molecular weight is 399 g/mol. The molecular weight excluding hydrogens is 381 g/mol. The Morgan fingerprint density at radius 1 is 1.15 bits per heavy atom. The molecule has 0 radical (unpaired) electrons. The Bertz CT molecular complexity index is 833. The highest BCUT2D eigenvalue weighted by Gasteiger charge is 2.17. The topological polar surface area (TPSA) is 89.5 Å². The maximum atomic E-state index is 12.8. The summed E-state index contributed by atoms with van der Waals surface area (Å²) in [6.45, 7) is -0.0320. The van der Waals surface area contributed by atoms with Crippen LogP contribution in [-0.4, -0.2) is 39.2 Å². The zero-order valence-corrected chi connectivity index (χ0v) is 15.4. The van der Waals surface area contributed by atoms with Crippen molar-refractivity contribution in [1.82, 2.24) is 5.32 Å². The van der Waals surface area contributed by atoms with Gasteiger partial charge in [0.25, 0.3) is 5.91 Å². The molecule has 0 bridgehead atoms. The number of nitrogens with one attached hydrogen (secondary N) is 1. The summed E-state index contributed by atoms with van der Waals surface area (Å²) in [6, 6.07) is 8.22. The van der Waals surface area contributed by atoms with E-state index < -0.39 is 39.9 Å². The molecule has 2 rings (SSSR count). The largest absolute Gasteiger partial charge is 0.456 e. The van der Waals surface area contributed by atoms with Gasteiger partial charge in [-0.15, -0.1) is 11.3 Å². The van der Waals surface area contributed by atoms with Crippen molar-refractivity contribution in [2.45, 2.75) is 17.7 Å². The van der Waals surface area contributed by atoms with Crippen molar-refractivity contribution in [3.63, 3.8) is 0 Å². The van der Waals surface area contributed by atoms with Crippen LogP contribution < -0.4 is 5.32 Å². The molecule has 1 N–H and O–H groups in total. The van der Waals surface area contributed by atoms with Crippen molar-refractivity contribution >= 4 is 33.1 Å². The fourth-order valence-electron chi connectivity index (χ4n) is 2.03. The van der Waals surface area contributed by atoms with Crippen LogP contribution in [0.2, 0.25) is 0 Å². The van der Waals surface area contributed by atoms with Crippen LogP contribution in [-0.2, 0) is 30.6 Å². The summed E-state index contributed by atoms with van der Waals surface area (Å²) in [5.74, 6) is -2.26. The Hall–Kier alpha value is -2.26.